The lowest BCUT2D eigenvalue weighted by Crippen LogP contribution is -1.96. The SMILES string of the molecule is c1ccc(-c2nc(-c3ccc4c(c3)c3ccccc3n4-c3ccccc3)cc(-c3cccc4c3sc3c4ccc4c(-c5ccccc5)nc5ccccc5c43)n2)cc1. The number of para-hydroxylation sites is 3. The quantitative estimate of drug-likeness (QED) is 0.164. The molecule has 8 aromatic carbocycles. The second-order valence-corrected chi connectivity index (χ2v) is 15.8. The number of hydrogen-bond donors (Lipinski definition) is 0. The highest BCUT2D eigenvalue weighted by Gasteiger charge is 2.20. The highest BCUT2D eigenvalue weighted by Crippen LogP contribution is 2.46. The summed E-state index contributed by atoms with van der Waals surface area (Å²) in [5.41, 5.74) is 11.5. The van der Waals surface area contributed by atoms with Crippen molar-refractivity contribution in [2.45, 2.75) is 0 Å². The number of rotatable bonds is 5. The van der Waals surface area contributed by atoms with E-state index in [0.29, 0.717) is 5.82 Å². The molecule has 4 aromatic heterocycles. The normalized spacial score (nSPS) is 11.8. The number of hydrogen-bond acceptors (Lipinski definition) is 4. The molecule has 12 aromatic rings. The lowest BCUT2D eigenvalue weighted by molar-refractivity contribution is 1.18. The van der Waals surface area contributed by atoms with Gasteiger partial charge in [-0.15, -0.1) is 11.3 Å². The summed E-state index contributed by atoms with van der Waals surface area (Å²) in [5, 5.41) is 8.42. The standard InChI is InChI=1S/C53H32N4S/c1-4-15-33(16-5-1)50-42-29-28-39-38-23-14-24-41(51(38)58-52(39)49(42)40-22-10-12-25-44(40)54-50)46-32-45(55-53(56-46)34-17-6-2-7-18-34)35-27-30-48-43(31-35)37-21-11-13-26-47(37)57(48)36-19-8-3-9-20-36/h1-32H. The molecule has 58 heavy (non-hydrogen) atoms. The molecule has 0 aliphatic carbocycles. The summed E-state index contributed by atoms with van der Waals surface area (Å²) in [7, 11) is 0. The zero-order valence-electron chi connectivity index (χ0n) is 31.2. The van der Waals surface area contributed by atoms with E-state index in [2.05, 4.69) is 193 Å². The molecular formula is C53H32N4S. The van der Waals surface area contributed by atoms with Crippen LogP contribution < -0.4 is 0 Å². The van der Waals surface area contributed by atoms with Crippen molar-refractivity contribution in [1.82, 2.24) is 19.5 Å². The Labute approximate surface area is 338 Å². The van der Waals surface area contributed by atoms with Gasteiger partial charge in [0.25, 0.3) is 0 Å². The minimum Gasteiger partial charge on any atom is -0.309 e. The fourth-order valence-corrected chi connectivity index (χ4v) is 10.1. The molecule has 5 heteroatoms. The van der Waals surface area contributed by atoms with Gasteiger partial charge in [-0.25, -0.2) is 15.0 Å². The first-order valence-corrected chi connectivity index (χ1v) is 20.3. The maximum atomic E-state index is 5.32. The third-order valence-electron chi connectivity index (χ3n) is 11.4. The van der Waals surface area contributed by atoms with Gasteiger partial charge in [0.2, 0.25) is 0 Å². The van der Waals surface area contributed by atoms with Crippen LogP contribution in [0.1, 0.15) is 0 Å². The summed E-state index contributed by atoms with van der Waals surface area (Å²) in [6, 6.07) is 68.7. The van der Waals surface area contributed by atoms with Gasteiger partial charge in [-0.05, 0) is 42.5 Å². The molecule has 0 atom stereocenters. The number of thiophene rings is 1. The first kappa shape index (κ1) is 32.7. The Morgan fingerprint density at radius 3 is 1.84 bits per heavy atom. The number of pyridine rings is 1. The Balaban J connectivity index is 1.10. The van der Waals surface area contributed by atoms with Gasteiger partial charge in [-0.1, -0.05) is 152 Å². The van der Waals surface area contributed by atoms with E-state index in [1.807, 2.05) is 17.4 Å². The third kappa shape index (κ3) is 5.11. The number of aromatic nitrogens is 4. The zero-order chi connectivity index (χ0) is 38.2. The Hall–Kier alpha value is -7.47. The van der Waals surface area contributed by atoms with E-state index >= 15 is 0 Å². The highest BCUT2D eigenvalue weighted by molar-refractivity contribution is 7.27. The van der Waals surface area contributed by atoms with E-state index in [4.69, 9.17) is 15.0 Å². The van der Waals surface area contributed by atoms with Crippen molar-refractivity contribution in [3.63, 3.8) is 0 Å². The summed E-state index contributed by atoms with van der Waals surface area (Å²) >= 11 is 1.85. The maximum Gasteiger partial charge on any atom is 0.160 e. The van der Waals surface area contributed by atoms with Crippen molar-refractivity contribution >= 4 is 75.0 Å². The summed E-state index contributed by atoms with van der Waals surface area (Å²) < 4.78 is 4.81. The van der Waals surface area contributed by atoms with Gasteiger partial charge in [0, 0.05) is 75.0 Å². The Bertz CT molecular complexity index is 3550. The van der Waals surface area contributed by atoms with Crippen LogP contribution in [-0.2, 0) is 0 Å². The molecule has 0 unspecified atom stereocenters. The van der Waals surface area contributed by atoms with E-state index in [1.54, 1.807) is 0 Å². The van der Waals surface area contributed by atoms with Crippen LogP contribution >= 0.6 is 11.3 Å². The molecular weight excluding hydrogens is 725 g/mol. The van der Waals surface area contributed by atoms with Crippen LogP contribution in [0.2, 0.25) is 0 Å². The molecule has 0 spiro atoms. The first-order valence-electron chi connectivity index (χ1n) is 19.5. The highest BCUT2D eigenvalue weighted by atomic mass is 32.1. The molecule has 270 valence electrons. The molecule has 12 rings (SSSR count). The summed E-state index contributed by atoms with van der Waals surface area (Å²) in [6.07, 6.45) is 0. The van der Waals surface area contributed by atoms with Crippen molar-refractivity contribution in [3.8, 4) is 50.8 Å². The van der Waals surface area contributed by atoms with E-state index in [1.165, 1.54) is 41.8 Å². The van der Waals surface area contributed by atoms with Crippen LogP contribution in [0, 0.1) is 0 Å². The fraction of sp³-hybridized carbons (Fsp3) is 0. The molecule has 0 N–H and O–H groups in total. The molecule has 4 heterocycles. The van der Waals surface area contributed by atoms with E-state index < -0.39 is 0 Å². The monoisotopic (exact) mass is 756 g/mol. The van der Waals surface area contributed by atoms with Gasteiger partial charge in [0.15, 0.2) is 5.82 Å². The van der Waals surface area contributed by atoms with Crippen LogP contribution in [0.25, 0.3) is 115 Å². The molecule has 0 amide bonds. The van der Waals surface area contributed by atoms with E-state index in [0.717, 1.165) is 66.8 Å². The third-order valence-corrected chi connectivity index (χ3v) is 12.7. The molecule has 0 saturated carbocycles. The lowest BCUT2D eigenvalue weighted by Gasteiger charge is -2.11. The van der Waals surface area contributed by atoms with Gasteiger partial charge in [0.1, 0.15) is 0 Å². The molecule has 0 saturated heterocycles. The van der Waals surface area contributed by atoms with Crippen molar-refractivity contribution in [3.05, 3.63) is 194 Å². The molecule has 0 bridgehead atoms. The zero-order valence-corrected chi connectivity index (χ0v) is 32.0. The van der Waals surface area contributed by atoms with Crippen molar-refractivity contribution < 1.29 is 0 Å². The first-order chi connectivity index (χ1) is 28.8. The maximum absolute atomic E-state index is 5.32. The smallest absolute Gasteiger partial charge is 0.160 e. The second-order valence-electron chi connectivity index (χ2n) is 14.7. The fourth-order valence-electron chi connectivity index (χ4n) is 8.74. The topological polar surface area (TPSA) is 43.6 Å². The van der Waals surface area contributed by atoms with Gasteiger partial charge in [0.05, 0.1) is 33.6 Å². The molecule has 0 aliphatic rings. The van der Waals surface area contributed by atoms with Crippen molar-refractivity contribution in [1.29, 1.82) is 0 Å². The minimum atomic E-state index is 0.702. The lowest BCUT2D eigenvalue weighted by atomic mass is 9.97. The van der Waals surface area contributed by atoms with Gasteiger partial charge < -0.3 is 4.57 Å². The van der Waals surface area contributed by atoms with Crippen molar-refractivity contribution in [2.24, 2.45) is 0 Å². The Morgan fingerprint density at radius 2 is 1.02 bits per heavy atom. The minimum absolute atomic E-state index is 0.702. The predicted molar refractivity (Wildman–Crippen MR) is 244 cm³/mol. The van der Waals surface area contributed by atoms with Gasteiger partial charge in [-0.2, -0.15) is 0 Å². The number of benzene rings is 8. The van der Waals surface area contributed by atoms with E-state index in [9.17, 15) is 0 Å². The molecule has 0 radical (unpaired) electrons. The van der Waals surface area contributed by atoms with Crippen LogP contribution in [0.3, 0.4) is 0 Å². The van der Waals surface area contributed by atoms with Crippen LogP contribution in [-0.4, -0.2) is 19.5 Å². The van der Waals surface area contributed by atoms with Gasteiger partial charge in [-0.3, -0.25) is 0 Å². The average Bonchev–Trinajstić information content (AvgIpc) is 3.85. The average molecular weight is 757 g/mol. The predicted octanol–water partition coefficient (Wildman–Crippen LogP) is 14.3. The van der Waals surface area contributed by atoms with Crippen LogP contribution in [0.15, 0.2) is 194 Å². The molecule has 4 nitrogen and oxygen atoms in total. The summed E-state index contributed by atoms with van der Waals surface area (Å²) in [5.74, 6) is 0.702. The largest absolute Gasteiger partial charge is 0.309 e. The van der Waals surface area contributed by atoms with Gasteiger partial charge >= 0.3 is 0 Å². The van der Waals surface area contributed by atoms with Crippen LogP contribution in [0.4, 0.5) is 0 Å². The summed E-state index contributed by atoms with van der Waals surface area (Å²) in [6.45, 7) is 0. The second kappa shape index (κ2) is 13.1. The number of nitrogens with zero attached hydrogens (tertiary/aromatic N) is 4. The molecule has 0 aliphatic heterocycles. The number of fused-ring (bicyclic) bond motifs is 10. The Morgan fingerprint density at radius 1 is 0.379 bits per heavy atom. The van der Waals surface area contributed by atoms with Crippen LogP contribution in [0.5, 0.6) is 0 Å². The van der Waals surface area contributed by atoms with Crippen molar-refractivity contribution in [2.75, 3.05) is 0 Å². The van der Waals surface area contributed by atoms with E-state index in [-0.39, 0.29) is 0 Å². The Kier molecular flexibility index (Phi) is 7.37. The molecule has 0 fully saturated rings. The summed E-state index contributed by atoms with van der Waals surface area (Å²) in [4.78, 5) is 15.8.